The SMILES string of the molecule is CC1(C)SC(=O)NN=C1c1ccc2c(c1)CCCN2/C(=N\O)c1ccc([N+](=O)[O-])cc1. The third kappa shape index (κ3) is 3.98. The fourth-order valence-electron chi connectivity index (χ4n) is 3.92. The number of rotatable bonds is 3. The van der Waals surface area contributed by atoms with Crippen LogP contribution in [0.25, 0.3) is 0 Å². The number of carbonyl (C=O) groups excluding carboxylic acids is 1. The number of oxime groups is 1. The van der Waals surface area contributed by atoms with Crippen molar-refractivity contribution < 1.29 is 14.9 Å². The highest BCUT2D eigenvalue weighted by Crippen LogP contribution is 2.35. The number of benzene rings is 2. The van der Waals surface area contributed by atoms with Gasteiger partial charge in [-0.2, -0.15) is 5.10 Å². The molecule has 2 aliphatic heterocycles. The number of hydrazone groups is 1. The maximum Gasteiger partial charge on any atom is 0.300 e. The Hall–Kier alpha value is -3.40. The topological polar surface area (TPSA) is 120 Å². The van der Waals surface area contributed by atoms with Crippen molar-refractivity contribution >= 4 is 39.9 Å². The number of hydrogen-bond donors (Lipinski definition) is 2. The third-order valence-corrected chi connectivity index (χ3v) is 6.32. The van der Waals surface area contributed by atoms with Gasteiger partial charge in [-0.1, -0.05) is 23.0 Å². The average molecular weight is 439 g/mol. The maximum atomic E-state index is 11.7. The highest BCUT2D eigenvalue weighted by Gasteiger charge is 2.34. The number of hydrogen-bond acceptors (Lipinski definition) is 7. The summed E-state index contributed by atoms with van der Waals surface area (Å²) in [5.41, 5.74) is 6.81. The first kappa shape index (κ1) is 20.9. The molecule has 0 spiro atoms. The number of amidine groups is 1. The van der Waals surface area contributed by atoms with Gasteiger partial charge in [-0.3, -0.25) is 14.9 Å². The Morgan fingerprint density at radius 3 is 2.68 bits per heavy atom. The number of anilines is 1. The summed E-state index contributed by atoms with van der Waals surface area (Å²) < 4.78 is -0.457. The van der Waals surface area contributed by atoms with Gasteiger partial charge in [-0.25, -0.2) is 5.43 Å². The van der Waals surface area contributed by atoms with Crippen LogP contribution in [0.1, 0.15) is 37.0 Å². The molecule has 31 heavy (non-hydrogen) atoms. The molecule has 160 valence electrons. The fourth-order valence-corrected chi connectivity index (χ4v) is 4.73. The number of amides is 1. The average Bonchev–Trinajstić information content (AvgIpc) is 2.73. The molecule has 10 heteroatoms. The third-order valence-electron chi connectivity index (χ3n) is 5.34. The summed E-state index contributed by atoms with van der Waals surface area (Å²) in [6.45, 7) is 4.58. The van der Waals surface area contributed by atoms with Gasteiger partial charge in [0.2, 0.25) is 0 Å². The van der Waals surface area contributed by atoms with Gasteiger partial charge in [0, 0.05) is 29.9 Å². The van der Waals surface area contributed by atoms with E-state index in [1.807, 2.05) is 30.9 Å². The van der Waals surface area contributed by atoms with Crippen molar-refractivity contribution in [1.82, 2.24) is 5.43 Å². The van der Waals surface area contributed by atoms with Gasteiger partial charge in [0.15, 0.2) is 5.84 Å². The normalized spacial score (nSPS) is 18.1. The number of carbonyl (C=O) groups is 1. The standard InChI is InChI=1S/C21H21N5O4S/c1-21(2)18(22-23-20(27)31-21)15-7-10-17-14(12-15)4-3-11-25(17)19(24-28)13-5-8-16(9-6-13)26(29)30/h5-10,12,28H,3-4,11H2,1-2H3,(H,23,27)/b24-19-. The minimum atomic E-state index is -0.465. The van der Waals surface area contributed by atoms with Crippen LogP contribution in [0.5, 0.6) is 0 Å². The first-order valence-electron chi connectivity index (χ1n) is 9.75. The van der Waals surface area contributed by atoms with Crippen LogP contribution in [0.15, 0.2) is 52.7 Å². The molecule has 2 aromatic rings. The first-order chi connectivity index (χ1) is 14.8. The van der Waals surface area contributed by atoms with E-state index in [9.17, 15) is 20.1 Å². The Labute approximate surface area is 183 Å². The van der Waals surface area contributed by atoms with Crippen LogP contribution in [-0.4, -0.2) is 38.2 Å². The molecule has 0 radical (unpaired) electrons. The summed E-state index contributed by atoms with van der Waals surface area (Å²) in [5, 5.41) is 28.3. The summed E-state index contributed by atoms with van der Waals surface area (Å²) in [4.78, 5) is 24.1. The molecular weight excluding hydrogens is 418 g/mol. The van der Waals surface area contributed by atoms with E-state index in [1.165, 1.54) is 23.9 Å². The number of aryl methyl sites for hydroxylation is 1. The van der Waals surface area contributed by atoms with Crippen LogP contribution in [-0.2, 0) is 6.42 Å². The van der Waals surface area contributed by atoms with Crippen molar-refractivity contribution in [2.24, 2.45) is 10.3 Å². The Morgan fingerprint density at radius 1 is 1.29 bits per heavy atom. The summed E-state index contributed by atoms with van der Waals surface area (Å²) in [6.07, 6.45) is 1.70. The highest BCUT2D eigenvalue weighted by molar-refractivity contribution is 8.15. The number of nitro groups is 1. The van der Waals surface area contributed by atoms with Crippen molar-refractivity contribution in [3.05, 3.63) is 69.3 Å². The zero-order valence-electron chi connectivity index (χ0n) is 17.0. The second kappa shape index (κ2) is 8.03. The molecule has 0 aliphatic carbocycles. The largest absolute Gasteiger partial charge is 0.409 e. The number of nitrogens with zero attached hydrogens (tertiary/aromatic N) is 4. The van der Waals surface area contributed by atoms with Gasteiger partial charge in [-0.05, 0) is 62.1 Å². The van der Waals surface area contributed by atoms with Crippen molar-refractivity contribution in [1.29, 1.82) is 0 Å². The van der Waals surface area contributed by atoms with Crippen molar-refractivity contribution in [2.75, 3.05) is 11.4 Å². The van der Waals surface area contributed by atoms with Gasteiger partial charge in [0.25, 0.3) is 10.9 Å². The molecule has 0 saturated carbocycles. The highest BCUT2D eigenvalue weighted by atomic mass is 32.2. The number of non-ortho nitro benzene ring substituents is 1. The molecule has 2 N–H and O–H groups in total. The molecule has 9 nitrogen and oxygen atoms in total. The fraction of sp³-hybridized carbons (Fsp3) is 0.286. The number of nitrogens with one attached hydrogen (secondary N) is 1. The van der Waals surface area contributed by atoms with E-state index >= 15 is 0 Å². The van der Waals surface area contributed by atoms with Crippen LogP contribution < -0.4 is 10.3 Å². The lowest BCUT2D eigenvalue weighted by Crippen LogP contribution is -2.39. The van der Waals surface area contributed by atoms with Crippen LogP contribution >= 0.6 is 11.8 Å². The second-order valence-electron chi connectivity index (χ2n) is 7.80. The van der Waals surface area contributed by atoms with Crippen LogP contribution in [0.4, 0.5) is 16.2 Å². The van der Waals surface area contributed by atoms with Crippen molar-refractivity contribution in [2.45, 2.75) is 31.4 Å². The van der Waals surface area contributed by atoms with E-state index in [0.29, 0.717) is 17.9 Å². The van der Waals surface area contributed by atoms with E-state index in [2.05, 4.69) is 21.7 Å². The number of fused-ring (bicyclic) bond motifs is 1. The van der Waals surface area contributed by atoms with Gasteiger partial charge >= 0.3 is 0 Å². The predicted octanol–water partition coefficient (Wildman–Crippen LogP) is 4.12. The van der Waals surface area contributed by atoms with Crippen molar-refractivity contribution in [3.8, 4) is 0 Å². The summed E-state index contributed by atoms with van der Waals surface area (Å²) >= 11 is 1.20. The van der Waals surface area contributed by atoms with Gasteiger partial charge in [-0.15, -0.1) is 0 Å². The van der Waals surface area contributed by atoms with E-state index in [-0.39, 0.29) is 10.9 Å². The maximum absolute atomic E-state index is 11.7. The molecule has 2 aromatic carbocycles. The van der Waals surface area contributed by atoms with Crippen LogP contribution in [0, 0.1) is 10.1 Å². The smallest absolute Gasteiger partial charge is 0.300 e. The van der Waals surface area contributed by atoms with E-state index in [0.717, 1.165) is 35.4 Å². The molecule has 2 heterocycles. The molecular formula is C21H21N5O4S. The Bertz CT molecular complexity index is 1110. The molecule has 0 bridgehead atoms. The number of thioether (sulfide) groups is 1. The molecule has 1 amide bonds. The Balaban J connectivity index is 1.68. The van der Waals surface area contributed by atoms with E-state index in [4.69, 9.17) is 0 Å². The Kier molecular flexibility index (Phi) is 5.40. The predicted molar refractivity (Wildman–Crippen MR) is 120 cm³/mol. The van der Waals surface area contributed by atoms with Gasteiger partial charge in [0.05, 0.1) is 15.4 Å². The van der Waals surface area contributed by atoms with Gasteiger partial charge < -0.3 is 10.1 Å². The molecule has 2 aliphatic rings. The van der Waals surface area contributed by atoms with Crippen LogP contribution in [0.3, 0.4) is 0 Å². The monoisotopic (exact) mass is 439 g/mol. The zero-order valence-corrected chi connectivity index (χ0v) is 17.8. The first-order valence-corrected chi connectivity index (χ1v) is 10.6. The molecule has 0 unspecified atom stereocenters. The summed E-state index contributed by atoms with van der Waals surface area (Å²) in [5.74, 6) is 0.335. The minimum Gasteiger partial charge on any atom is -0.409 e. The lowest BCUT2D eigenvalue weighted by Gasteiger charge is -2.33. The molecule has 0 fully saturated rings. The van der Waals surface area contributed by atoms with Gasteiger partial charge in [0.1, 0.15) is 0 Å². The van der Waals surface area contributed by atoms with Crippen molar-refractivity contribution in [3.63, 3.8) is 0 Å². The molecule has 0 saturated heterocycles. The summed E-state index contributed by atoms with van der Waals surface area (Å²) in [7, 11) is 0. The summed E-state index contributed by atoms with van der Waals surface area (Å²) in [6, 6.07) is 11.9. The lowest BCUT2D eigenvalue weighted by molar-refractivity contribution is -0.384. The van der Waals surface area contributed by atoms with Crippen LogP contribution in [0.2, 0.25) is 0 Å². The molecule has 0 aromatic heterocycles. The molecule has 0 atom stereocenters. The molecule has 4 rings (SSSR count). The number of nitro benzene ring substituents is 1. The van der Waals surface area contributed by atoms with E-state index < -0.39 is 9.67 Å². The minimum absolute atomic E-state index is 0.0226. The zero-order chi connectivity index (χ0) is 22.2. The second-order valence-corrected chi connectivity index (χ2v) is 9.39. The van der Waals surface area contributed by atoms with E-state index in [1.54, 1.807) is 12.1 Å². The quantitative estimate of drug-likeness (QED) is 0.244. The Morgan fingerprint density at radius 2 is 2.03 bits per heavy atom. The lowest BCUT2D eigenvalue weighted by atomic mass is 9.93.